The molecule has 2 heterocycles. The lowest BCUT2D eigenvalue weighted by Gasteiger charge is -2.25. The van der Waals surface area contributed by atoms with Gasteiger partial charge in [0, 0.05) is 30.0 Å². The fourth-order valence-corrected chi connectivity index (χ4v) is 3.64. The molecule has 0 spiro atoms. The van der Waals surface area contributed by atoms with Gasteiger partial charge < -0.3 is 9.42 Å². The van der Waals surface area contributed by atoms with Crippen molar-refractivity contribution < 1.29 is 9.32 Å². The summed E-state index contributed by atoms with van der Waals surface area (Å²) in [6, 6.07) is 17.7. The Labute approximate surface area is 163 Å². The van der Waals surface area contributed by atoms with Crippen LogP contribution >= 0.6 is 11.6 Å². The van der Waals surface area contributed by atoms with E-state index in [1.54, 1.807) is 12.1 Å². The number of rotatable bonds is 5. The smallest absolute Gasteiger partial charge is 0.227 e. The average Bonchev–Trinajstić information content (AvgIpc) is 3.37. The normalized spacial score (nSPS) is 16.6. The molecule has 5 nitrogen and oxygen atoms in total. The van der Waals surface area contributed by atoms with Gasteiger partial charge in [-0.3, -0.25) is 4.79 Å². The zero-order valence-electron chi connectivity index (χ0n) is 14.8. The molecule has 1 unspecified atom stereocenters. The zero-order valence-corrected chi connectivity index (χ0v) is 15.6. The summed E-state index contributed by atoms with van der Waals surface area (Å²) in [6.07, 6.45) is 2.85. The molecule has 1 saturated heterocycles. The van der Waals surface area contributed by atoms with Gasteiger partial charge in [0.15, 0.2) is 0 Å². The number of carbonyl (C=O) groups excluding carboxylic acids is 1. The van der Waals surface area contributed by atoms with Crippen LogP contribution in [0, 0.1) is 0 Å². The maximum absolute atomic E-state index is 12.7. The minimum absolute atomic E-state index is 0.132. The van der Waals surface area contributed by atoms with Gasteiger partial charge >= 0.3 is 0 Å². The van der Waals surface area contributed by atoms with Crippen molar-refractivity contribution >= 4 is 17.5 Å². The van der Waals surface area contributed by atoms with Crippen LogP contribution < -0.4 is 0 Å². The molecule has 1 amide bonds. The monoisotopic (exact) mass is 381 g/mol. The molecule has 0 saturated carbocycles. The first-order valence-electron chi connectivity index (χ1n) is 9.13. The number of aromatic nitrogens is 2. The Balaban J connectivity index is 1.39. The van der Waals surface area contributed by atoms with E-state index >= 15 is 0 Å². The molecule has 1 atom stereocenters. The Morgan fingerprint density at radius 3 is 2.70 bits per heavy atom. The third-order valence-corrected chi connectivity index (χ3v) is 5.13. The van der Waals surface area contributed by atoms with Crippen LogP contribution in [0.4, 0.5) is 0 Å². The molecular formula is C21H20ClN3O2. The van der Waals surface area contributed by atoms with Gasteiger partial charge in [-0.05, 0) is 42.7 Å². The fourth-order valence-electron chi connectivity index (χ4n) is 3.52. The summed E-state index contributed by atoms with van der Waals surface area (Å²) in [4.78, 5) is 19.1. The second-order valence-electron chi connectivity index (χ2n) is 6.67. The van der Waals surface area contributed by atoms with E-state index in [9.17, 15) is 4.79 Å². The molecule has 4 rings (SSSR count). The second kappa shape index (κ2) is 7.92. The maximum atomic E-state index is 12.7. The SMILES string of the molecule is O=C(CCc1nc(-c2ccc(Cl)cc2)no1)N1CCCC1c1ccccc1. The zero-order chi connectivity index (χ0) is 18.6. The number of likely N-dealkylation sites (tertiary alicyclic amines) is 1. The van der Waals surface area contributed by atoms with Gasteiger partial charge in [-0.2, -0.15) is 4.98 Å². The first-order valence-corrected chi connectivity index (χ1v) is 9.51. The highest BCUT2D eigenvalue weighted by molar-refractivity contribution is 6.30. The molecule has 1 aromatic heterocycles. The summed E-state index contributed by atoms with van der Waals surface area (Å²) in [7, 11) is 0. The Bertz CT molecular complexity index is 909. The molecule has 1 aliphatic rings. The van der Waals surface area contributed by atoms with Crippen LogP contribution in [0.5, 0.6) is 0 Å². The van der Waals surface area contributed by atoms with Crippen LogP contribution in [0.1, 0.15) is 36.8 Å². The number of hydrogen-bond donors (Lipinski definition) is 0. The van der Waals surface area contributed by atoms with E-state index in [0.717, 1.165) is 24.9 Å². The molecule has 6 heteroatoms. The predicted molar refractivity (Wildman–Crippen MR) is 103 cm³/mol. The highest BCUT2D eigenvalue weighted by Crippen LogP contribution is 2.32. The quantitative estimate of drug-likeness (QED) is 0.643. The van der Waals surface area contributed by atoms with Gasteiger partial charge in [0.25, 0.3) is 0 Å². The molecule has 0 radical (unpaired) electrons. The van der Waals surface area contributed by atoms with Gasteiger partial charge in [-0.25, -0.2) is 0 Å². The molecule has 1 fully saturated rings. The molecule has 0 bridgehead atoms. The van der Waals surface area contributed by atoms with E-state index < -0.39 is 0 Å². The molecule has 1 aliphatic heterocycles. The summed E-state index contributed by atoms with van der Waals surface area (Å²) in [5.41, 5.74) is 2.04. The van der Waals surface area contributed by atoms with Crippen molar-refractivity contribution in [2.75, 3.05) is 6.54 Å². The molecule has 0 N–H and O–H groups in total. The van der Waals surface area contributed by atoms with Crippen LogP contribution in [-0.4, -0.2) is 27.5 Å². The molecule has 0 aliphatic carbocycles. The largest absolute Gasteiger partial charge is 0.339 e. The van der Waals surface area contributed by atoms with Crippen LogP contribution in [-0.2, 0) is 11.2 Å². The molecule has 27 heavy (non-hydrogen) atoms. The predicted octanol–water partition coefficient (Wildman–Crippen LogP) is 4.69. The van der Waals surface area contributed by atoms with Crippen molar-refractivity contribution in [1.29, 1.82) is 0 Å². The highest BCUT2D eigenvalue weighted by Gasteiger charge is 2.29. The second-order valence-corrected chi connectivity index (χ2v) is 7.11. The van der Waals surface area contributed by atoms with Crippen LogP contribution in [0.25, 0.3) is 11.4 Å². The van der Waals surface area contributed by atoms with E-state index in [1.165, 1.54) is 5.56 Å². The average molecular weight is 382 g/mol. The number of amides is 1. The lowest BCUT2D eigenvalue weighted by molar-refractivity contribution is -0.132. The Kier molecular flexibility index (Phi) is 5.21. The number of aryl methyl sites for hydroxylation is 1. The fraction of sp³-hybridized carbons (Fsp3) is 0.286. The third kappa shape index (κ3) is 4.03. The van der Waals surface area contributed by atoms with Gasteiger partial charge in [0.2, 0.25) is 17.6 Å². The van der Waals surface area contributed by atoms with Crippen LogP contribution in [0.2, 0.25) is 5.02 Å². The lowest BCUT2D eigenvalue weighted by atomic mass is 10.0. The van der Waals surface area contributed by atoms with E-state index in [2.05, 4.69) is 22.3 Å². The summed E-state index contributed by atoms with van der Waals surface area (Å²) < 4.78 is 5.31. The van der Waals surface area contributed by atoms with Gasteiger partial charge in [0.1, 0.15) is 0 Å². The number of nitrogens with zero attached hydrogens (tertiary/aromatic N) is 3. The minimum Gasteiger partial charge on any atom is -0.339 e. The van der Waals surface area contributed by atoms with E-state index in [0.29, 0.717) is 29.6 Å². The van der Waals surface area contributed by atoms with E-state index in [1.807, 2.05) is 35.2 Å². The standard InChI is InChI=1S/C21H20ClN3O2/c22-17-10-8-16(9-11-17)21-23-19(27-24-21)12-13-20(26)25-14-4-7-18(25)15-5-2-1-3-6-15/h1-3,5-6,8-11,18H,4,7,12-14H2. The van der Waals surface area contributed by atoms with Crippen molar-refractivity contribution in [1.82, 2.24) is 15.0 Å². The topological polar surface area (TPSA) is 59.2 Å². The van der Waals surface area contributed by atoms with Crippen molar-refractivity contribution in [2.24, 2.45) is 0 Å². The number of halogens is 1. The molecule has 3 aromatic rings. The van der Waals surface area contributed by atoms with Crippen molar-refractivity contribution in [3.8, 4) is 11.4 Å². The summed E-state index contributed by atoms with van der Waals surface area (Å²) in [5, 5.41) is 4.66. The van der Waals surface area contributed by atoms with E-state index in [-0.39, 0.29) is 11.9 Å². The Morgan fingerprint density at radius 1 is 1.15 bits per heavy atom. The summed E-state index contributed by atoms with van der Waals surface area (Å²) in [5.74, 6) is 1.12. The summed E-state index contributed by atoms with van der Waals surface area (Å²) >= 11 is 5.90. The maximum Gasteiger partial charge on any atom is 0.227 e. The highest BCUT2D eigenvalue weighted by atomic mass is 35.5. The van der Waals surface area contributed by atoms with Crippen molar-refractivity contribution in [3.05, 3.63) is 71.1 Å². The molecule has 2 aromatic carbocycles. The number of carbonyl (C=O) groups is 1. The van der Waals surface area contributed by atoms with Crippen molar-refractivity contribution in [2.45, 2.75) is 31.7 Å². The van der Waals surface area contributed by atoms with Crippen molar-refractivity contribution in [3.63, 3.8) is 0 Å². The first kappa shape index (κ1) is 17.7. The molecular weight excluding hydrogens is 362 g/mol. The lowest BCUT2D eigenvalue weighted by Crippen LogP contribution is -2.30. The van der Waals surface area contributed by atoms with E-state index in [4.69, 9.17) is 16.1 Å². The minimum atomic E-state index is 0.132. The van der Waals surface area contributed by atoms with Gasteiger partial charge in [-0.1, -0.05) is 47.1 Å². The van der Waals surface area contributed by atoms with Crippen LogP contribution in [0.15, 0.2) is 59.1 Å². The first-order chi connectivity index (χ1) is 13.2. The number of benzene rings is 2. The van der Waals surface area contributed by atoms with Crippen LogP contribution in [0.3, 0.4) is 0 Å². The van der Waals surface area contributed by atoms with Gasteiger partial charge in [0.05, 0.1) is 6.04 Å². The third-order valence-electron chi connectivity index (χ3n) is 4.88. The van der Waals surface area contributed by atoms with Gasteiger partial charge in [-0.15, -0.1) is 0 Å². The molecule has 138 valence electrons. The number of hydrogen-bond acceptors (Lipinski definition) is 4. The Morgan fingerprint density at radius 2 is 1.93 bits per heavy atom. The Hall–Kier alpha value is -2.66. The summed E-state index contributed by atoms with van der Waals surface area (Å²) in [6.45, 7) is 0.804.